The minimum Gasteiger partial charge on any atom is -0.482 e. The molecule has 0 aromatic heterocycles. The van der Waals surface area contributed by atoms with E-state index >= 15 is 0 Å². The highest BCUT2D eigenvalue weighted by atomic mass is 79.9. The van der Waals surface area contributed by atoms with Crippen molar-refractivity contribution in [3.05, 3.63) is 99.0 Å². The maximum Gasteiger partial charge on any atom is 0.261 e. The Morgan fingerprint density at radius 2 is 1.77 bits per heavy atom. The zero-order valence-corrected chi connectivity index (χ0v) is 22.3. The number of nitrogens with zero attached hydrogens (tertiary/aromatic N) is 1. The first-order valence-corrected chi connectivity index (χ1v) is 12.8. The topological polar surface area (TPSA) is 58.6 Å². The van der Waals surface area contributed by atoms with Crippen LogP contribution in [0.2, 0.25) is 5.02 Å². The molecule has 1 atom stereocenters. The van der Waals surface area contributed by atoms with Gasteiger partial charge in [0.2, 0.25) is 5.91 Å². The molecule has 184 valence electrons. The Balaban J connectivity index is 1.90. The fraction of sp³-hybridized carbons (Fsp3) is 0.286. The Bertz CT molecular complexity index is 1140. The first kappa shape index (κ1) is 26.8. The second kappa shape index (κ2) is 13.3. The van der Waals surface area contributed by atoms with Crippen LogP contribution in [0.25, 0.3) is 0 Å². The van der Waals surface area contributed by atoms with E-state index in [0.29, 0.717) is 23.7 Å². The summed E-state index contributed by atoms with van der Waals surface area (Å²) in [6.45, 7) is 4.60. The Kier molecular flexibility index (Phi) is 10.2. The van der Waals surface area contributed by atoms with E-state index < -0.39 is 6.04 Å². The van der Waals surface area contributed by atoms with E-state index in [-0.39, 0.29) is 25.0 Å². The third kappa shape index (κ3) is 8.11. The van der Waals surface area contributed by atoms with Crippen molar-refractivity contribution in [3.63, 3.8) is 0 Å². The highest BCUT2D eigenvalue weighted by molar-refractivity contribution is 9.10. The molecule has 5 nitrogen and oxygen atoms in total. The van der Waals surface area contributed by atoms with E-state index in [4.69, 9.17) is 16.3 Å². The predicted octanol–water partition coefficient (Wildman–Crippen LogP) is 5.96. The van der Waals surface area contributed by atoms with Gasteiger partial charge >= 0.3 is 0 Å². The summed E-state index contributed by atoms with van der Waals surface area (Å²) in [6.07, 6.45) is 1.20. The summed E-state index contributed by atoms with van der Waals surface area (Å²) in [6, 6.07) is 22.2. The molecule has 3 aromatic rings. The van der Waals surface area contributed by atoms with Crippen molar-refractivity contribution in [2.24, 2.45) is 0 Å². The van der Waals surface area contributed by atoms with Crippen LogP contribution < -0.4 is 10.1 Å². The van der Waals surface area contributed by atoms with Crippen molar-refractivity contribution in [2.45, 2.75) is 39.3 Å². The minimum absolute atomic E-state index is 0.182. The first-order valence-electron chi connectivity index (χ1n) is 11.6. The average molecular weight is 558 g/mol. The number of ether oxygens (including phenoxy) is 1. The summed E-state index contributed by atoms with van der Waals surface area (Å²) in [5.74, 6) is -0.0646. The number of nitrogens with one attached hydrogen (secondary N) is 1. The van der Waals surface area contributed by atoms with Gasteiger partial charge in [-0.2, -0.15) is 0 Å². The molecule has 1 unspecified atom stereocenters. The summed E-state index contributed by atoms with van der Waals surface area (Å²) in [4.78, 5) is 28.5. The molecular weight excluding hydrogens is 528 g/mol. The average Bonchev–Trinajstić information content (AvgIpc) is 2.84. The molecule has 1 N–H and O–H groups in total. The van der Waals surface area contributed by atoms with Gasteiger partial charge in [0.15, 0.2) is 6.61 Å². The number of hydrogen-bond acceptors (Lipinski definition) is 3. The van der Waals surface area contributed by atoms with E-state index in [1.54, 1.807) is 23.1 Å². The van der Waals surface area contributed by atoms with Gasteiger partial charge in [0.1, 0.15) is 11.8 Å². The standard InChI is InChI=1S/C28H30BrClN2O3/c1-3-14-31-28(34)25(16-21-9-5-4-6-10-21)32(18-22-11-7-8-20(2)15-22)27(33)19-35-26-13-12-23(29)17-24(26)30/h4-13,15,17,25H,3,14,16,18-19H2,1-2H3,(H,31,34). The lowest BCUT2D eigenvalue weighted by Crippen LogP contribution is -2.51. The molecule has 0 radical (unpaired) electrons. The lowest BCUT2D eigenvalue weighted by Gasteiger charge is -2.31. The molecule has 3 aromatic carbocycles. The summed E-state index contributed by atoms with van der Waals surface area (Å²) in [7, 11) is 0. The molecule has 0 saturated heterocycles. The van der Waals surface area contributed by atoms with E-state index in [1.165, 1.54) is 0 Å². The van der Waals surface area contributed by atoms with Crippen LogP contribution >= 0.6 is 27.5 Å². The number of amides is 2. The number of halogens is 2. The third-order valence-electron chi connectivity index (χ3n) is 5.50. The molecule has 0 spiro atoms. The van der Waals surface area contributed by atoms with Crippen LogP contribution in [0.5, 0.6) is 5.75 Å². The molecule has 0 aliphatic rings. The van der Waals surface area contributed by atoms with Crippen LogP contribution in [0.1, 0.15) is 30.0 Å². The van der Waals surface area contributed by atoms with Crippen LogP contribution in [0.3, 0.4) is 0 Å². The van der Waals surface area contributed by atoms with Crippen molar-refractivity contribution in [1.29, 1.82) is 0 Å². The minimum atomic E-state index is -0.694. The van der Waals surface area contributed by atoms with Crippen molar-refractivity contribution >= 4 is 39.3 Å². The zero-order chi connectivity index (χ0) is 25.2. The highest BCUT2D eigenvalue weighted by Crippen LogP contribution is 2.28. The Morgan fingerprint density at radius 1 is 1.03 bits per heavy atom. The molecular formula is C28H30BrClN2O3. The van der Waals surface area contributed by atoms with Gasteiger partial charge in [0, 0.05) is 24.0 Å². The molecule has 0 aliphatic heterocycles. The van der Waals surface area contributed by atoms with Crippen molar-refractivity contribution in [2.75, 3.05) is 13.2 Å². The lowest BCUT2D eigenvalue weighted by atomic mass is 10.0. The molecule has 0 aliphatic carbocycles. The van der Waals surface area contributed by atoms with Crippen LogP contribution in [0.4, 0.5) is 0 Å². The van der Waals surface area contributed by atoms with Gasteiger partial charge in [0.05, 0.1) is 5.02 Å². The van der Waals surface area contributed by atoms with Crippen LogP contribution in [0.15, 0.2) is 77.3 Å². The molecule has 0 saturated carbocycles. The second-order valence-corrected chi connectivity index (χ2v) is 9.69. The van der Waals surface area contributed by atoms with Crippen LogP contribution in [-0.2, 0) is 22.6 Å². The van der Waals surface area contributed by atoms with Gasteiger partial charge in [-0.05, 0) is 42.7 Å². The molecule has 0 fully saturated rings. The summed E-state index contributed by atoms with van der Waals surface area (Å²) >= 11 is 9.64. The van der Waals surface area contributed by atoms with E-state index in [9.17, 15) is 9.59 Å². The summed E-state index contributed by atoms with van der Waals surface area (Å²) < 4.78 is 6.60. The van der Waals surface area contributed by atoms with E-state index in [2.05, 4.69) is 21.2 Å². The normalized spacial score (nSPS) is 11.5. The number of carbonyl (C=O) groups is 2. The molecule has 0 heterocycles. The highest BCUT2D eigenvalue weighted by Gasteiger charge is 2.30. The van der Waals surface area contributed by atoms with E-state index in [1.807, 2.05) is 68.4 Å². The SMILES string of the molecule is CCCNC(=O)C(Cc1ccccc1)N(Cc1cccc(C)c1)C(=O)COc1ccc(Br)cc1Cl. The largest absolute Gasteiger partial charge is 0.482 e. The molecule has 3 rings (SSSR count). The summed E-state index contributed by atoms with van der Waals surface area (Å²) in [5.41, 5.74) is 3.01. The first-order chi connectivity index (χ1) is 16.9. The Morgan fingerprint density at radius 3 is 2.46 bits per heavy atom. The van der Waals surface area contributed by atoms with Crippen molar-refractivity contribution in [1.82, 2.24) is 10.2 Å². The van der Waals surface area contributed by atoms with Gasteiger partial charge < -0.3 is 15.0 Å². The predicted molar refractivity (Wildman–Crippen MR) is 144 cm³/mol. The fourth-order valence-electron chi connectivity index (χ4n) is 3.74. The van der Waals surface area contributed by atoms with Gasteiger partial charge in [-0.1, -0.05) is 94.6 Å². The molecule has 35 heavy (non-hydrogen) atoms. The van der Waals surface area contributed by atoms with Crippen molar-refractivity contribution in [3.8, 4) is 5.75 Å². The Labute approximate surface area is 220 Å². The van der Waals surface area contributed by atoms with Crippen molar-refractivity contribution < 1.29 is 14.3 Å². The van der Waals surface area contributed by atoms with Gasteiger partial charge in [-0.15, -0.1) is 0 Å². The van der Waals surface area contributed by atoms with Gasteiger partial charge in [0.25, 0.3) is 5.91 Å². The molecule has 7 heteroatoms. The monoisotopic (exact) mass is 556 g/mol. The number of aryl methyl sites for hydroxylation is 1. The fourth-order valence-corrected chi connectivity index (χ4v) is 4.47. The zero-order valence-electron chi connectivity index (χ0n) is 20.0. The lowest BCUT2D eigenvalue weighted by molar-refractivity contribution is -0.142. The molecule has 2 amide bonds. The molecule has 0 bridgehead atoms. The number of rotatable bonds is 11. The van der Waals surface area contributed by atoms with Gasteiger partial charge in [-0.3, -0.25) is 9.59 Å². The number of hydrogen-bond donors (Lipinski definition) is 1. The number of carbonyl (C=O) groups excluding carboxylic acids is 2. The van der Waals surface area contributed by atoms with E-state index in [0.717, 1.165) is 27.6 Å². The third-order valence-corrected chi connectivity index (χ3v) is 6.29. The van der Waals surface area contributed by atoms with Gasteiger partial charge in [-0.25, -0.2) is 0 Å². The Hall–Kier alpha value is -2.83. The smallest absolute Gasteiger partial charge is 0.261 e. The maximum atomic E-state index is 13.6. The number of benzene rings is 3. The second-order valence-electron chi connectivity index (χ2n) is 8.37. The van der Waals surface area contributed by atoms with Crippen LogP contribution in [0, 0.1) is 6.92 Å². The summed E-state index contributed by atoms with van der Waals surface area (Å²) in [5, 5.41) is 3.38. The maximum absolute atomic E-state index is 13.6. The quantitative estimate of drug-likeness (QED) is 0.317. The van der Waals surface area contributed by atoms with Crippen LogP contribution in [-0.4, -0.2) is 35.9 Å².